The van der Waals surface area contributed by atoms with Crippen LogP contribution in [-0.4, -0.2) is 25.4 Å². The molecule has 2 aromatic carbocycles. The fourth-order valence-electron chi connectivity index (χ4n) is 1.92. The summed E-state index contributed by atoms with van der Waals surface area (Å²) in [4.78, 5) is 23.6. The van der Waals surface area contributed by atoms with Gasteiger partial charge in [0.25, 0.3) is 5.91 Å². The SMILES string of the molecule is CNC(=O)c1ccccc1NCC(=O)Nc1ccc(F)c(F)c1. The van der Waals surface area contributed by atoms with Crippen molar-refractivity contribution in [1.29, 1.82) is 0 Å². The van der Waals surface area contributed by atoms with Gasteiger partial charge in [0, 0.05) is 24.5 Å². The molecule has 0 radical (unpaired) electrons. The summed E-state index contributed by atoms with van der Waals surface area (Å²) in [6.07, 6.45) is 0. The van der Waals surface area contributed by atoms with Crippen molar-refractivity contribution >= 4 is 23.2 Å². The smallest absolute Gasteiger partial charge is 0.253 e. The van der Waals surface area contributed by atoms with Crippen molar-refractivity contribution in [2.24, 2.45) is 0 Å². The lowest BCUT2D eigenvalue weighted by molar-refractivity contribution is -0.114. The molecule has 0 saturated carbocycles. The number of para-hydroxylation sites is 1. The van der Waals surface area contributed by atoms with E-state index in [1.54, 1.807) is 24.3 Å². The molecule has 5 nitrogen and oxygen atoms in total. The lowest BCUT2D eigenvalue weighted by Gasteiger charge is -2.11. The van der Waals surface area contributed by atoms with Gasteiger partial charge in [0.2, 0.25) is 5.91 Å². The van der Waals surface area contributed by atoms with Gasteiger partial charge in [-0.2, -0.15) is 0 Å². The zero-order chi connectivity index (χ0) is 16.8. The molecule has 0 spiro atoms. The number of rotatable bonds is 5. The summed E-state index contributed by atoms with van der Waals surface area (Å²) < 4.78 is 25.9. The van der Waals surface area contributed by atoms with E-state index in [4.69, 9.17) is 0 Å². The summed E-state index contributed by atoms with van der Waals surface area (Å²) in [6, 6.07) is 9.79. The molecule has 0 saturated heterocycles. The van der Waals surface area contributed by atoms with E-state index in [1.807, 2.05) is 0 Å². The highest BCUT2D eigenvalue weighted by Gasteiger charge is 2.10. The topological polar surface area (TPSA) is 70.2 Å². The minimum absolute atomic E-state index is 0.132. The van der Waals surface area contributed by atoms with E-state index in [9.17, 15) is 18.4 Å². The molecule has 2 rings (SSSR count). The van der Waals surface area contributed by atoms with Gasteiger partial charge >= 0.3 is 0 Å². The van der Waals surface area contributed by atoms with E-state index in [0.29, 0.717) is 11.3 Å². The molecule has 0 aliphatic carbocycles. The second-order valence-corrected chi connectivity index (χ2v) is 4.66. The van der Waals surface area contributed by atoms with Crippen LogP contribution in [0.1, 0.15) is 10.4 Å². The Hall–Kier alpha value is -2.96. The number of amides is 2. The molecule has 2 aromatic rings. The van der Waals surface area contributed by atoms with Crippen LogP contribution in [0.2, 0.25) is 0 Å². The van der Waals surface area contributed by atoms with Crippen molar-refractivity contribution in [3.63, 3.8) is 0 Å². The van der Waals surface area contributed by atoms with Crippen LogP contribution in [0.25, 0.3) is 0 Å². The number of benzene rings is 2. The van der Waals surface area contributed by atoms with Crippen molar-refractivity contribution in [3.8, 4) is 0 Å². The average molecular weight is 319 g/mol. The highest BCUT2D eigenvalue weighted by molar-refractivity contribution is 6.00. The van der Waals surface area contributed by atoms with Crippen molar-refractivity contribution in [2.75, 3.05) is 24.2 Å². The number of hydrogen-bond acceptors (Lipinski definition) is 3. The molecule has 0 aliphatic rings. The highest BCUT2D eigenvalue weighted by atomic mass is 19.2. The third-order valence-electron chi connectivity index (χ3n) is 3.04. The first-order valence-electron chi connectivity index (χ1n) is 6.81. The highest BCUT2D eigenvalue weighted by Crippen LogP contribution is 2.15. The van der Waals surface area contributed by atoms with Crippen LogP contribution in [0.5, 0.6) is 0 Å². The fourth-order valence-corrected chi connectivity index (χ4v) is 1.92. The zero-order valence-corrected chi connectivity index (χ0v) is 12.3. The van der Waals surface area contributed by atoms with E-state index in [0.717, 1.165) is 12.1 Å². The summed E-state index contributed by atoms with van der Waals surface area (Å²) in [5, 5.41) is 7.77. The Morgan fingerprint density at radius 1 is 1.04 bits per heavy atom. The maximum atomic E-state index is 13.1. The molecule has 7 heteroatoms. The molecule has 0 atom stereocenters. The van der Waals surface area contributed by atoms with Gasteiger partial charge in [0.15, 0.2) is 11.6 Å². The third-order valence-corrected chi connectivity index (χ3v) is 3.04. The molecule has 120 valence electrons. The van der Waals surface area contributed by atoms with Crippen LogP contribution >= 0.6 is 0 Å². The second kappa shape index (κ2) is 7.35. The first-order valence-corrected chi connectivity index (χ1v) is 6.81. The van der Waals surface area contributed by atoms with Crippen LogP contribution in [0.4, 0.5) is 20.2 Å². The van der Waals surface area contributed by atoms with E-state index >= 15 is 0 Å². The number of nitrogens with one attached hydrogen (secondary N) is 3. The maximum absolute atomic E-state index is 13.1. The number of halogens is 2. The molecule has 0 fully saturated rings. The zero-order valence-electron chi connectivity index (χ0n) is 12.3. The lowest BCUT2D eigenvalue weighted by Crippen LogP contribution is -2.24. The number of carbonyl (C=O) groups is 2. The van der Waals surface area contributed by atoms with Crippen LogP contribution in [-0.2, 0) is 4.79 Å². The van der Waals surface area contributed by atoms with Crippen molar-refractivity contribution in [1.82, 2.24) is 5.32 Å². The quantitative estimate of drug-likeness (QED) is 0.792. The Kier molecular flexibility index (Phi) is 5.24. The van der Waals surface area contributed by atoms with Gasteiger partial charge in [0.1, 0.15) is 0 Å². The van der Waals surface area contributed by atoms with Gasteiger partial charge < -0.3 is 16.0 Å². The first-order chi connectivity index (χ1) is 11.0. The van der Waals surface area contributed by atoms with Crippen LogP contribution in [0.3, 0.4) is 0 Å². The van der Waals surface area contributed by atoms with E-state index in [-0.39, 0.29) is 18.1 Å². The van der Waals surface area contributed by atoms with Gasteiger partial charge in [0.05, 0.1) is 12.1 Å². The number of hydrogen-bond donors (Lipinski definition) is 3. The van der Waals surface area contributed by atoms with Crippen molar-refractivity contribution < 1.29 is 18.4 Å². The Morgan fingerprint density at radius 3 is 2.48 bits per heavy atom. The van der Waals surface area contributed by atoms with Crippen molar-refractivity contribution in [3.05, 3.63) is 59.7 Å². The molecule has 23 heavy (non-hydrogen) atoms. The maximum Gasteiger partial charge on any atom is 0.253 e. The number of carbonyl (C=O) groups excluding carboxylic acids is 2. The Balaban J connectivity index is 1.99. The molecule has 0 bridgehead atoms. The van der Waals surface area contributed by atoms with Crippen LogP contribution in [0, 0.1) is 11.6 Å². The molecule has 0 aliphatic heterocycles. The van der Waals surface area contributed by atoms with Gasteiger partial charge in [-0.25, -0.2) is 8.78 Å². The van der Waals surface area contributed by atoms with Crippen LogP contribution in [0.15, 0.2) is 42.5 Å². The van der Waals surface area contributed by atoms with E-state index in [1.165, 1.54) is 13.1 Å². The predicted octanol–water partition coefficient (Wildman–Crippen LogP) is 2.38. The molecule has 0 aromatic heterocycles. The van der Waals surface area contributed by atoms with Gasteiger partial charge in [-0.1, -0.05) is 12.1 Å². The monoisotopic (exact) mass is 319 g/mol. The molecule has 0 heterocycles. The summed E-state index contributed by atoms with van der Waals surface area (Å²) in [7, 11) is 1.51. The largest absolute Gasteiger partial charge is 0.376 e. The Labute approximate surface area is 131 Å². The lowest BCUT2D eigenvalue weighted by atomic mass is 10.1. The van der Waals surface area contributed by atoms with Gasteiger partial charge in [-0.3, -0.25) is 9.59 Å². The average Bonchev–Trinajstić information content (AvgIpc) is 2.56. The summed E-state index contributed by atoms with van der Waals surface area (Å²) in [5.41, 5.74) is 1.04. The third kappa shape index (κ3) is 4.26. The van der Waals surface area contributed by atoms with Gasteiger partial charge in [-0.15, -0.1) is 0 Å². The first kappa shape index (κ1) is 16.4. The fraction of sp³-hybridized carbons (Fsp3) is 0.125. The van der Waals surface area contributed by atoms with Gasteiger partial charge in [-0.05, 0) is 24.3 Å². The summed E-state index contributed by atoms with van der Waals surface area (Å²) >= 11 is 0. The molecular formula is C16H15F2N3O2. The minimum atomic E-state index is -1.04. The van der Waals surface area contributed by atoms with Crippen LogP contribution < -0.4 is 16.0 Å². The van der Waals surface area contributed by atoms with Crippen molar-refractivity contribution in [2.45, 2.75) is 0 Å². The standard InChI is InChI=1S/C16H15F2N3O2/c1-19-16(23)11-4-2-3-5-14(11)20-9-15(22)21-10-6-7-12(17)13(18)8-10/h2-8,20H,9H2,1H3,(H,19,23)(H,21,22). The van der Waals surface area contributed by atoms with E-state index < -0.39 is 17.5 Å². The normalized spacial score (nSPS) is 10.0. The molecule has 2 amide bonds. The predicted molar refractivity (Wildman–Crippen MR) is 83.3 cm³/mol. The molecule has 0 unspecified atom stereocenters. The Bertz CT molecular complexity index is 735. The second-order valence-electron chi connectivity index (χ2n) is 4.66. The minimum Gasteiger partial charge on any atom is -0.376 e. The summed E-state index contributed by atoms with van der Waals surface area (Å²) in [6.45, 7) is -0.132. The molecular weight excluding hydrogens is 304 g/mol. The molecule has 3 N–H and O–H groups in total. The summed E-state index contributed by atoms with van der Waals surface area (Å²) in [5.74, 6) is -2.77. The van der Waals surface area contributed by atoms with E-state index in [2.05, 4.69) is 16.0 Å². The Morgan fingerprint density at radius 2 is 1.78 bits per heavy atom. The number of anilines is 2.